The van der Waals surface area contributed by atoms with Crippen LogP contribution in [-0.2, 0) is 0 Å². The van der Waals surface area contributed by atoms with Gasteiger partial charge in [-0.05, 0) is 29.9 Å². The van der Waals surface area contributed by atoms with Crippen molar-refractivity contribution in [2.45, 2.75) is 12.8 Å². The van der Waals surface area contributed by atoms with Crippen LogP contribution in [-0.4, -0.2) is 11.4 Å². The molecule has 0 N–H and O–H groups in total. The normalized spacial score (nSPS) is 25.6. The van der Waals surface area contributed by atoms with Gasteiger partial charge >= 0.3 is 0 Å². The average molecular weight is 284 g/mol. The van der Waals surface area contributed by atoms with Crippen LogP contribution in [0.2, 0.25) is 0 Å². The fourth-order valence-electron chi connectivity index (χ4n) is 3.87. The van der Waals surface area contributed by atoms with Gasteiger partial charge in [0, 0.05) is 22.8 Å². The van der Waals surface area contributed by atoms with Crippen molar-refractivity contribution >= 4 is 11.4 Å². The van der Waals surface area contributed by atoms with Crippen LogP contribution in [0.15, 0.2) is 70.9 Å². The third kappa shape index (κ3) is 1.61. The Bertz CT molecular complexity index is 810. The van der Waals surface area contributed by atoms with Crippen LogP contribution in [0, 0.1) is 11.8 Å². The molecule has 22 heavy (non-hydrogen) atoms. The van der Waals surface area contributed by atoms with Crippen molar-refractivity contribution < 1.29 is 0 Å². The Labute approximate surface area is 129 Å². The third-order valence-electron chi connectivity index (χ3n) is 5.10. The zero-order chi connectivity index (χ0) is 14.5. The summed E-state index contributed by atoms with van der Waals surface area (Å²) in [5.41, 5.74) is 7.23. The van der Waals surface area contributed by atoms with Gasteiger partial charge in [0.15, 0.2) is 0 Å². The molecule has 0 spiro atoms. The first kappa shape index (κ1) is 12.1. The van der Waals surface area contributed by atoms with Crippen LogP contribution in [0.5, 0.6) is 0 Å². The highest BCUT2D eigenvalue weighted by molar-refractivity contribution is 6.24. The van der Waals surface area contributed by atoms with E-state index in [-0.39, 0.29) is 0 Å². The predicted molar refractivity (Wildman–Crippen MR) is 90.3 cm³/mol. The molecular weight excluding hydrogens is 268 g/mol. The molecule has 106 valence electrons. The van der Waals surface area contributed by atoms with E-state index in [0.717, 1.165) is 24.5 Å². The average Bonchev–Trinajstić information content (AvgIpc) is 3.07. The van der Waals surface area contributed by atoms with E-state index in [1.807, 2.05) is 0 Å². The lowest BCUT2D eigenvalue weighted by Crippen LogP contribution is -2.32. The van der Waals surface area contributed by atoms with Crippen molar-refractivity contribution in [3.63, 3.8) is 0 Å². The van der Waals surface area contributed by atoms with E-state index in [1.165, 1.54) is 28.0 Å². The molecule has 5 rings (SSSR count). The maximum Gasteiger partial charge on any atom is 0.101 e. The summed E-state index contributed by atoms with van der Waals surface area (Å²) in [6.07, 6.45) is 6.84. The Morgan fingerprint density at radius 1 is 0.773 bits per heavy atom. The van der Waals surface area contributed by atoms with Crippen LogP contribution in [0.1, 0.15) is 24.0 Å². The number of benzene rings is 2. The standard InChI is InChI=1S/C20H16N2/c1-3-9-17-15(7-1)16-8-2-4-10-18(16)20(17)22-21-19-12-13-6-5-11-14(13)19/h1-10,13-14H,11-12H2/b21-19+/t13-,14-/m1/s1. The van der Waals surface area contributed by atoms with Gasteiger partial charge in [-0.25, -0.2) is 0 Å². The summed E-state index contributed by atoms with van der Waals surface area (Å²) >= 11 is 0. The first-order chi connectivity index (χ1) is 10.9. The topological polar surface area (TPSA) is 24.7 Å². The fraction of sp³-hybridized carbons (Fsp3) is 0.200. The van der Waals surface area contributed by atoms with E-state index < -0.39 is 0 Å². The highest BCUT2D eigenvalue weighted by atomic mass is 15.2. The minimum absolute atomic E-state index is 0.622. The zero-order valence-electron chi connectivity index (χ0n) is 12.2. The molecule has 0 aromatic heterocycles. The number of rotatable bonds is 1. The Kier molecular flexibility index (Phi) is 2.48. The molecule has 0 saturated heterocycles. The van der Waals surface area contributed by atoms with Crippen LogP contribution >= 0.6 is 0 Å². The van der Waals surface area contributed by atoms with Gasteiger partial charge < -0.3 is 0 Å². The Morgan fingerprint density at radius 3 is 2.05 bits per heavy atom. The maximum atomic E-state index is 4.67. The molecule has 3 aliphatic rings. The lowest BCUT2D eigenvalue weighted by atomic mass is 9.74. The van der Waals surface area contributed by atoms with Gasteiger partial charge in [0.25, 0.3) is 0 Å². The minimum Gasteiger partial charge on any atom is -0.159 e. The molecule has 0 radical (unpaired) electrons. The maximum absolute atomic E-state index is 4.67. The first-order valence-corrected chi connectivity index (χ1v) is 7.92. The highest BCUT2D eigenvalue weighted by Gasteiger charge is 2.38. The molecule has 2 aromatic carbocycles. The minimum atomic E-state index is 0.622. The third-order valence-corrected chi connectivity index (χ3v) is 5.10. The Balaban J connectivity index is 1.60. The largest absolute Gasteiger partial charge is 0.159 e. The Morgan fingerprint density at radius 2 is 1.41 bits per heavy atom. The second-order valence-electron chi connectivity index (χ2n) is 6.27. The monoisotopic (exact) mass is 284 g/mol. The van der Waals surface area contributed by atoms with Crippen LogP contribution in [0.3, 0.4) is 0 Å². The van der Waals surface area contributed by atoms with Crippen molar-refractivity contribution in [3.05, 3.63) is 71.8 Å². The smallest absolute Gasteiger partial charge is 0.101 e. The molecule has 2 heteroatoms. The molecule has 2 atom stereocenters. The lowest BCUT2D eigenvalue weighted by molar-refractivity contribution is 0.465. The molecule has 0 heterocycles. The zero-order valence-corrected chi connectivity index (χ0v) is 12.2. The second kappa shape index (κ2) is 4.51. The van der Waals surface area contributed by atoms with Crippen molar-refractivity contribution in [2.24, 2.45) is 22.0 Å². The summed E-state index contributed by atoms with van der Waals surface area (Å²) < 4.78 is 0. The second-order valence-corrected chi connectivity index (χ2v) is 6.27. The molecule has 0 amide bonds. The summed E-state index contributed by atoms with van der Waals surface area (Å²) in [7, 11) is 0. The van der Waals surface area contributed by atoms with Crippen molar-refractivity contribution in [2.75, 3.05) is 0 Å². The van der Waals surface area contributed by atoms with E-state index in [0.29, 0.717) is 5.92 Å². The summed E-state index contributed by atoms with van der Waals surface area (Å²) in [6, 6.07) is 17.0. The van der Waals surface area contributed by atoms with Gasteiger partial charge in [-0.15, -0.1) is 5.10 Å². The summed E-state index contributed by atoms with van der Waals surface area (Å²) in [5, 5.41) is 9.28. The van der Waals surface area contributed by atoms with Gasteiger partial charge in [0.1, 0.15) is 5.71 Å². The van der Waals surface area contributed by atoms with Gasteiger partial charge in [0.2, 0.25) is 0 Å². The van der Waals surface area contributed by atoms with Gasteiger partial charge in [-0.1, -0.05) is 60.7 Å². The number of fused-ring (bicyclic) bond motifs is 4. The SMILES string of the molecule is C1=C[C@@H]2C/C(=N\N=C3c4ccccc4-c4ccccc43)[C@@H]2C1. The van der Waals surface area contributed by atoms with Crippen molar-refractivity contribution in [1.82, 2.24) is 0 Å². The Hall–Kier alpha value is -2.48. The molecule has 2 nitrogen and oxygen atoms in total. The van der Waals surface area contributed by atoms with E-state index in [2.05, 4.69) is 70.9 Å². The number of allylic oxidation sites excluding steroid dienone is 2. The van der Waals surface area contributed by atoms with Crippen LogP contribution in [0.4, 0.5) is 0 Å². The molecule has 1 fully saturated rings. The van der Waals surface area contributed by atoms with Gasteiger partial charge in [-0.2, -0.15) is 5.10 Å². The fourth-order valence-corrected chi connectivity index (χ4v) is 3.87. The first-order valence-electron chi connectivity index (χ1n) is 7.92. The molecule has 0 aliphatic heterocycles. The molecule has 1 saturated carbocycles. The predicted octanol–water partition coefficient (Wildman–Crippen LogP) is 4.46. The van der Waals surface area contributed by atoms with Crippen molar-refractivity contribution in [1.29, 1.82) is 0 Å². The molecule has 0 bridgehead atoms. The van der Waals surface area contributed by atoms with Gasteiger partial charge in [-0.3, -0.25) is 0 Å². The van der Waals surface area contributed by atoms with E-state index in [1.54, 1.807) is 0 Å². The lowest BCUT2D eigenvalue weighted by Gasteiger charge is -2.31. The quantitative estimate of drug-likeness (QED) is 0.466. The highest BCUT2D eigenvalue weighted by Crippen LogP contribution is 2.41. The van der Waals surface area contributed by atoms with Crippen LogP contribution < -0.4 is 0 Å². The number of hydrogen-bond acceptors (Lipinski definition) is 2. The van der Waals surface area contributed by atoms with Gasteiger partial charge in [0.05, 0.1) is 0 Å². The summed E-state index contributed by atoms with van der Waals surface area (Å²) in [4.78, 5) is 0. The number of nitrogens with zero attached hydrogens (tertiary/aromatic N) is 2. The molecule has 2 aromatic rings. The molecule has 0 unspecified atom stereocenters. The molecular formula is C20H16N2. The number of hydrogen-bond donors (Lipinski definition) is 0. The van der Waals surface area contributed by atoms with E-state index >= 15 is 0 Å². The van der Waals surface area contributed by atoms with Crippen molar-refractivity contribution in [3.8, 4) is 11.1 Å². The van der Waals surface area contributed by atoms with E-state index in [4.69, 9.17) is 0 Å². The summed E-state index contributed by atoms with van der Waals surface area (Å²) in [6.45, 7) is 0. The van der Waals surface area contributed by atoms with Crippen LogP contribution in [0.25, 0.3) is 11.1 Å². The van der Waals surface area contributed by atoms with E-state index in [9.17, 15) is 0 Å². The molecule has 3 aliphatic carbocycles. The summed E-state index contributed by atoms with van der Waals surface area (Å²) in [5.74, 6) is 1.35.